The lowest BCUT2D eigenvalue weighted by Crippen LogP contribution is -2.52. The summed E-state index contributed by atoms with van der Waals surface area (Å²) in [4.78, 5) is 10.8. The standard InChI is InChI=1S/C19H26N8OS.HI/c1-15-22-23-18(25(15)2)13-21-19(20-12-17-4-3-11-29-17)27-8-6-26(7-9-27)14-16-5-10-28-24-16;/h3-5,10-11H,6-9,12-14H2,1-2H3,(H,20,21);1H. The largest absolute Gasteiger partial charge is 0.364 e. The molecule has 1 aliphatic heterocycles. The molecule has 3 aromatic rings. The maximum Gasteiger partial charge on any atom is 0.194 e. The van der Waals surface area contributed by atoms with Crippen LogP contribution in [0.2, 0.25) is 0 Å². The number of halogens is 1. The normalized spacial score (nSPS) is 15.3. The van der Waals surface area contributed by atoms with Crippen molar-refractivity contribution in [2.24, 2.45) is 12.0 Å². The van der Waals surface area contributed by atoms with Gasteiger partial charge in [0.25, 0.3) is 0 Å². The minimum absolute atomic E-state index is 0. The molecule has 1 saturated heterocycles. The van der Waals surface area contributed by atoms with Crippen molar-refractivity contribution < 1.29 is 4.52 Å². The lowest BCUT2D eigenvalue weighted by molar-refractivity contribution is 0.168. The first-order valence-electron chi connectivity index (χ1n) is 9.71. The molecule has 0 radical (unpaired) electrons. The SMILES string of the molecule is Cc1nnc(CN=C(NCc2cccs2)N2CCN(Cc3ccon3)CC2)n1C.I. The molecule has 1 aliphatic rings. The Balaban J connectivity index is 0.00000256. The van der Waals surface area contributed by atoms with Gasteiger partial charge in [0, 0.05) is 50.7 Å². The average molecular weight is 542 g/mol. The Morgan fingerprint density at radius 2 is 2.07 bits per heavy atom. The molecule has 0 saturated carbocycles. The van der Waals surface area contributed by atoms with Gasteiger partial charge in [-0.05, 0) is 18.4 Å². The molecule has 0 unspecified atom stereocenters. The zero-order chi connectivity index (χ0) is 20.1. The summed E-state index contributed by atoms with van der Waals surface area (Å²) in [7, 11) is 1.97. The van der Waals surface area contributed by atoms with Crippen molar-refractivity contribution >= 4 is 41.3 Å². The highest BCUT2D eigenvalue weighted by atomic mass is 127. The molecule has 1 N–H and O–H groups in total. The van der Waals surface area contributed by atoms with E-state index in [9.17, 15) is 0 Å². The van der Waals surface area contributed by atoms with Gasteiger partial charge < -0.3 is 19.3 Å². The van der Waals surface area contributed by atoms with Crippen LogP contribution in [0.1, 0.15) is 22.2 Å². The number of guanidine groups is 1. The minimum Gasteiger partial charge on any atom is -0.364 e. The predicted octanol–water partition coefficient (Wildman–Crippen LogP) is 2.25. The number of aryl methyl sites for hydroxylation is 1. The summed E-state index contributed by atoms with van der Waals surface area (Å²) >= 11 is 1.75. The third kappa shape index (κ3) is 5.79. The Kier molecular flexibility index (Phi) is 8.22. The molecule has 0 spiro atoms. The van der Waals surface area contributed by atoms with Crippen LogP contribution in [0.5, 0.6) is 0 Å². The van der Waals surface area contributed by atoms with Crippen molar-refractivity contribution in [2.45, 2.75) is 26.6 Å². The number of hydrogen-bond donors (Lipinski definition) is 1. The van der Waals surface area contributed by atoms with E-state index < -0.39 is 0 Å². The van der Waals surface area contributed by atoms with Gasteiger partial charge in [0.15, 0.2) is 11.8 Å². The number of thiophene rings is 1. The van der Waals surface area contributed by atoms with E-state index in [0.717, 1.165) is 62.6 Å². The quantitative estimate of drug-likeness (QED) is 0.291. The average Bonchev–Trinajstić information content (AvgIpc) is 3.49. The van der Waals surface area contributed by atoms with E-state index >= 15 is 0 Å². The second-order valence-electron chi connectivity index (χ2n) is 7.05. The molecule has 11 heteroatoms. The maximum atomic E-state index is 4.94. The smallest absolute Gasteiger partial charge is 0.194 e. The highest BCUT2D eigenvalue weighted by Gasteiger charge is 2.21. The second-order valence-corrected chi connectivity index (χ2v) is 8.08. The third-order valence-corrected chi connectivity index (χ3v) is 5.98. The number of aromatic nitrogens is 4. The predicted molar refractivity (Wildman–Crippen MR) is 127 cm³/mol. The summed E-state index contributed by atoms with van der Waals surface area (Å²) in [6, 6.07) is 6.13. The summed E-state index contributed by atoms with van der Waals surface area (Å²) in [6.45, 7) is 7.77. The van der Waals surface area contributed by atoms with Crippen LogP contribution in [0.25, 0.3) is 0 Å². The van der Waals surface area contributed by atoms with Gasteiger partial charge in [-0.3, -0.25) is 4.90 Å². The van der Waals surface area contributed by atoms with Crippen LogP contribution in [0.4, 0.5) is 0 Å². The van der Waals surface area contributed by atoms with Crippen molar-refractivity contribution in [3.8, 4) is 0 Å². The lowest BCUT2D eigenvalue weighted by atomic mass is 10.3. The summed E-state index contributed by atoms with van der Waals surface area (Å²) in [6.07, 6.45) is 1.62. The van der Waals surface area contributed by atoms with E-state index in [1.54, 1.807) is 17.6 Å². The maximum absolute atomic E-state index is 4.94. The van der Waals surface area contributed by atoms with E-state index in [1.165, 1.54) is 4.88 Å². The fourth-order valence-electron chi connectivity index (χ4n) is 3.25. The monoisotopic (exact) mass is 542 g/mol. The molecule has 4 rings (SSSR count). The number of rotatable bonds is 6. The van der Waals surface area contributed by atoms with Gasteiger partial charge in [-0.1, -0.05) is 11.2 Å². The van der Waals surface area contributed by atoms with Gasteiger partial charge in [0.2, 0.25) is 0 Å². The van der Waals surface area contributed by atoms with Gasteiger partial charge in [-0.2, -0.15) is 0 Å². The van der Waals surface area contributed by atoms with Crippen LogP contribution in [0.15, 0.2) is 39.4 Å². The number of nitrogens with zero attached hydrogens (tertiary/aromatic N) is 7. The molecule has 1 fully saturated rings. The first-order chi connectivity index (χ1) is 14.2. The molecule has 162 valence electrons. The molecule has 4 heterocycles. The van der Waals surface area contributed by atoms with E-state index in [2.05, 4.69) is 48.0 Å². The van der Waals surface area contributed by atoms with Gasteiger partial charge >= 0.3 is 0 Å². The Labute approximate surface area is 197 Å². The van der Waals surface area contributed by atoms with Gasteiger partial charge in [0.05, 0.1) is 12.2 Å². The van der Waals surface area contributed by atoms with E-state index in [0.29, 0.717) is 6.54 Å². The van der Waals surface area contributed by atoms with E-state index in [-0.39, 0.29) is 24.0 Å². The number of nitrogens with one attached hydrogen (secondary N) is 1. The molecule has 0 aromatic carbocycles. The Hall–Kier alpha value is -1.99. The van der Waals surface area contributed by atoms with Crippen LogP contribution >= 0.6 is 35.3 Å². The molecular weight excluding hydrogens is 515 g/mol. The summed E-state index contributed by atoms with van der Waals surface area (Å²) in [5, 5.41) is 18.0. The lowest BCUT2D eigenvalue weighted by Gasteiger charge is -2.36. The molecule has 0 amide bonds. The van der Waals surface area contributed by atoms with Crippen molar-refractivity contribution in [3.63, 3.8) is 0 Å². The highest BCUT2D eigenvalue weighted by molar-refractivity contribution is 14.0. The number of piperazine rings is 1. The van der Waals surface area contributed by atoms with Crippen LogP contribution < -0.4 is 5.32 Å². The summed E-state index contributed by atoms with van der Waals surface area (Å²) < 4.78 is 6.92. The van der Waals surface area contributed by atoms with Gasteiger partial charge in [0.1, 0.15) is 18.6 Å². The Morgan fingerprint density at radius 3 is 2.70 bits per heavy atom. The molecule has 0 bridgehead atoms. The number of hydrogen-bond acceptors (Lipinski definition) is 7. The first kappa shape index (κ1) is 22.7. The first-order valence-corrected chi connectivity index (χ1v) is 10.6. The fourth-order valence-corrected chi connectivity index (χ4v) is 3.89. The zero-order valence-corrected chi connectivity index (χ0v) is 20.3. The fraction of sp³-hybridized carbons (Fsp3) is 0.474. The van der Waals surface area contributed by atoms with Crippen molar-refractivity contribution in [1.29, 1.82) is 0 Å². The Morgan fingerprint density at radius 1 is 1.23 bits per heavy atom. The van der Waals surface area contributed by atoms with Crippen molar-refractivity contribution in [2.75, 3.05) is 26.2 Å². The molecular formula is C19H27IN8OS. The minimum atomic E-state index is 0. The van der Waals surface area contributed by atoms with Crippen LogP contribution in [-0.4, -0.2) is 61.9 Å². The summed E-state index contributed by atoms with van der Waals surface area (Å²) in [5.74, 6) is 2.67. The molecule has 0 atom stereocenters. The van der Waals surface area contributed by atoms with Crippen LogP contribution in [0.3, 0.4) is 0 Å². The molecule has 0 aliphatic carbocycles. The molecule has 30 heavy (non-hydrogen) atoms. The topological polar surface area (TPSA) is 87.6 Å². The van der Waals surface area contributed by atoms with Crippen molar-refractivity contribution in [1.82, 2.24) is 35.0 Å². The second kappa shape index (κ2) is 10.9. The third-order valence-electron chi connectivity index (χ3n) is 5.10. The molecule has 3 aromatic heterocycles. The Bertz CT molecular complexity index is 917. The number of aliphatic imine (C=N–C) groups is 1. The molecule has 9 nitrogen and oxygen atoms in total. The van der Waals surface area contributed by atoms with E-state index in [4.69, 9.17) is 9.52 Å². The summed E-state index contributed by atoms with van der Waals surface area (Å²) in [5.41, 5.74) is 0.973. The highest BCUT2D eigenvalue weighted by Crippen LogP contribution is 2.11. The zero-order valence-electron chi connectivity index (χ0n) is 17.2. The van der Waals surface area contributed by atoms with Gasteiger partial charge in [-0.15, -0.1) is 45.5 Å². The van der Waals surface area contributed by atoms with Gasteiger partial charge in [-0.25, -0.2) is 4.99 Å². The van der Waals surface area contributed by atoms with E-state index in [1.807, 2.05) is 24.6 Å². The van der Waals surface area contributed by atoms with Crippen LogP contribution in [-0.2, 0) is 26.7 Å². The van der Waals surface area contributed by atoms with Crippen molar-refractivity contribution in [3.05, 3.63) is 52.1 Å². The van der Waals surface area contributed by atoms with Crippen LogP contribution in [0, 0.1) is 6.92 Å².